The van der Waals surface area contributed by atoms with E-state index in [2.05, 4.69) is 9.98 Å². The minimum Gasteiger partial charge on any atom is -0.294 e. The summed E-state index contributed by atoms with van der Waals surface area (Å²) in [4.78, 5) is 20.7. The first-order valence-electron chi connectivity index (χ1n) is 6.79. The number of aromatic nitrogens is 1. The molecule has 3 heteroatoms. The molecule has 1 aromatic heterocycles. The molecule has 1 heterocycles. The topological polar surface area (TPSA) is 42.3 Å². The second-order valence-electron chi connectivity index (χ2n) is 4.66. The van der Waals surface area contributed by atoms with Crippen LogP contribution in [-0.4, -0.2) is 17.0 Å². The van der Waals surface area contributed by atoms with Crippen LogP contribution in [0.1, 0.15) is 16.8 Å². The quantitative estimate of drug-likeness (QED) is 0.528. The summed E-state index contributed by atoms with van der Waals surface area (Å²) in [6.45, 7) is 0. The molecular formula is C18H14N2O. The minimum absolute atomic E-state index is 0.0625. The molecule has 3 nitrogen and oxygen atoms in total. The van der Waals surface area contributed by atoms with Crippen LogP contribution in [0.15, 0.2) is 71.9 Å². The summed E-state index contributed by atoms with van der Waals surface area (Å²) in [6, 6.07) is 19.0. The highest BCUT2D eigenvalue weighted by molar-refractivity contribution is 6.04. The zero-order chi connectivity index (χ0) is 14.5. The van der Waals surface area contributed by atoms with E-state index < -0.39 is 0 Å². The van der Waals surface area contributed by atoms with Crippen molar-refractivity contribution in [1.29, 1.82) is 0 Å². The Kier molecular flexibility index (Phi) is 3.83. The molecule has 21 heavy (non-hydrogen) atoms. The van der Waals surface area contributed by atoms with Gasteiger partial charge in [0.1, 0.15) is 0 Å². The molecular weight excluding hydrogens is 260 g/mol. The lowest BCUT2D eigenvalue weighted by molar-refractivity contribution is 0.100. The number of ketones is 1. The van der Waals surface area contributed by atoms with Gasteiger partial charge >= 0.3 is 0 Å². The third kappa shape index (κ3) is 3.03. The average Bonchev–Trinajstić information content (AvgIpc) is 2.56. The zero-order valence-electron chi connectivity index (χ0n) is 11.4. The van der Waals surface area contributed by atoms with Crippen LogP contribution in [0.3, 0.4) is 0 Å². The van der Waals surface area contributed by atoms with E-state index in [0.29, 0.717) is 5.56 Å². The molecule has 0 fully saturated rings. The van der Waals surface area contributed by atoms with Gasteiger partial charge in [-0.15, -0.1) is 0 Å². The Bertz CT molecular complexity index is 789. The SMILES string of the molecule is O=C(CC=Nc1cccc2cccnc12)c1ccccc1. The summed E-state index contributed by atoms with van der Waals surface area (Å²) in [6.07, 6.45) is 3.68. The van der Waals surface area contributed by atoms with Crippen LogP contribution in [0, 0.1) is 0 Å². The standard InChI is InChI=1S/C18H14N2O/c21-17(14-6-2-1-3-7-14)11-13-19-16-10-4-8-15-9-5-12-20-18(15)16/h1-10,12-13H,11H2. The number of hydrogen-bond acceptors (Lipinski definition) is 3. The molecule has 2 aromatic carbocycles. The van der Waals surface area contributed by atoms with E-state index in [9.17, 15) is 4.79 Å². The Morgan fingerprint density at radius 2 is 1.81 bits per heavy atom. The van der Waals surface area contributed by atoms with E-state index in [4.69, 9.17) is 0 Å². The van der Waals surface area contributed by atoms with E-state index in [1.165, 1.54) is 0 Å². The van der Waals surface area contributed by atoms with Crippen molar-refractivity contribution >= 4 is 28.6 Å². The Morgan fingerprint density at radius 3 is 2.67 bits per heavy atom. The second-order valence-corrected chi connectivity index (χ2v) is 4.66. The molecule has 0 spiro atoms. The molecule has 0 aliphatic heterocycles. The predicted octanol–water partition coefficient (Wildman–Crippen LogP) is 4.21. The number of rotatable bonds is 4. The highest BCUT2D eigenvalue weighted by atomic mass is 16.1. The summed E-state index contributed by atoms with van der Waals surface area (Å²) in [5.74, 6) is 0.0625. The van der Waals surface area contributed by atoms with Gasteiger partial charge in [-0.05, 0) is 12.1 Å². The van der Waals surface area contributed by atoms with Gasteiger partial charge in [0.05, 0.1) is 11.2 Å². The van der Waals surface area contributed by atoms with E-state index in [0.717, 1.165) is 16.6 Å². The summed E-state index contributed by atoms with van der Waals surface area (Å²) in [5.41, 5.74) is 2.34. The summed E-state index contributed by atoms with van der Waals surface area (Å²) < 4.78 is 0. The second kappa shape index (κ2) is 6.09. The van der Waals surface area contributed by atoms with Crippen molar-refractivity contribution in [2.24, 2.45) is 4.99 Å². The molecule has 0 aliphatic carbocycles. The molecule has 3 aromatic rings. The van der Waals surface area contributed by atoms with Gasteiger partial charge in [-0.3, -0.25) is 14.8 Å². The Balaban J connectivity index is 1.78. The third-order valence-electron chi connectivity index (χ3n) is 3.21. The Hall–Kier alpha value is -2.81. The van der Waals surface area contributed by atoms with Crippen LogP contribution in [0.2, 0.25) is 0 Å². The number of benzene rings is 2. The number of aliphatic imine (C=N–C) groups is 1. The molecule has 0 unspecified atom stereocenters. The van der Waals surface area contributed by atoms with Crippen molar-refractivity contribution in [2.75, 3.05) is 0 Å². The van der Waals surface area contributed by atoms with Crippen molar-refractivity contribution in [3.63, 3.8) is 0 Å². The number of carbonyl (C=O) groups excluding carboxylic acids is 1. The number of fused-ring (bicyclic) bond motifs is 1. The van der Waals surface area contributed by atoms with Crippen molar-refractivity contribution in [2.45, 2.75) is 6.42 Å². The lowest BCUT2D eigenvalue weighted by Crippen LogP contribution is -1.98. The van der Waals surface area contributed by atoms with Gasteiger partial charge in [0.25, 0.3) is 0 Å². The normalized spacial score (nSPS) is 11.0. The lowest BCUT2D eigenvalue weighted by Gasteiger charge is -2.00. The molecule has 0 aliphatic rings. The van der Waals surface area contributed by atoms with Crippen molar-refractivity contribution in [1.82, 2.24) is 4.98 Å². The predicted molar refractivity (Wildman–Crippen MR) is 85.3 cm³/mol. The van der Waals surface area contributed by atoms with Gasteiger partial charge in [-0.2, -0.15) is 0 Å². The van der Waals surface area contributed by atoms with Crippen LogP contribution in [-0.2, 0) is 0 Å². The summed E-state index contributed by atoms with van der Waals surface area (Å²) >= 11 is 0. The molecule has 0 atom stereocenters. The monoisotopic (exact) mass is 274 g/mol. The molecule has 0 amide bonds. The Labute approximate surface area is 123 Å². The zero-order valence-corrected chi connectivity index (χ0v) is 11.4. The smallest absolute Gasteiger partial charge is 0.168 e. The van der Waals surface area contributed by atoms with E-state index in [1.807, 2.05) is 60.7 Å². The first-order valence-corrected chi connectivity index (χ1v) is 6.79. The first-order chi connectivity index (χ1) is 10.3. The number of hydrogen-bond donors (Lipinski definition) is 0. The number of para-hydroxylation sites is 1. The number of Topliss-reactive ketones (excluding diaryl/α,β-unsaturated/α-hetero) is 1. The van der Waals surface area contributed by atoms with Gasteiger partial charge in [-0.1, -0.05) is 48.5 Å². The fraction of sp³-hybridized carbons (Fsp3) is 0.0556. The van der Waals surface area contributed by atoms with Gasteiger partial charge in [-0.25, -0.2) is 0 Å². The van der Waals surface area contributed by atoms with Gasteiger partial charge in [0.15, 0.2) is 5.78 Å². The largest absolute Gasteiger partial charge is 0.294 e. The van der Waals surface area contributed by atoms with E-state index in [-0.39, 0.29) is 12.2 Å². The summed E-state index contributed by atoms with van der Waals surface area (Å²) in [5, 5.41) is 1.04. The maximum absolute atomic E-state index is 12.0. The molecule has 0 saturated heterocycles. The van der Waals surface area contributed by atoms with Crippen molar-refractivity contribution in [3.05, 3.63) is 72.4 Å². The van der Waals surface area contributed by atoms with Crippen LogP contribution < -0.4 is 0 Å². The molecule has 102 valence electrons. The van der Waals surface area contributed by atoms with Crippen LogP contribution in [0.5, 0.6) is 0 Å². The van der Waals surface area contributed by atoms with Gasteiger partial charge in [0.2, 0.25) is 0 Å². The maximum atomic E-state index is 12.0. The summed E-state index contributed by atoms with van der Waals surface area (Å²) in [7, 11) is 0. The van der Waals surface area contributed by atoms with Crippen molar-refractivity contribution in [3.8, 4) is 0 Å². The number of pyridine rings is 1. The van der Waals surface area contributed by atoms with Crippen LogP contribution in [0.4, 0.5) is 5.69 Å². The third-order valence-corrected chi connectivity index (χ3v) is 3.21. The minimum atomic E-state index is 0.0625. The number of nitrogens with zero attached hydrogens (tertiary/aromatic N) is 2. The molecule has 0 saturated carbocycles. The first kappa shape index (κ1) is 13.2. The van der Waals surface area contributed by atoms with E-state index >= 15 is 0 Å². The number of carbonyl (C=O) groups is 1. The van der Waals surface area contributed by atoms with Gasteiger partial charge < -0.3 is 0 Å². The van der Waals surface area contributed by atoms with Crippen molar-refractivity contribution < 1.29 is 4.79 Å². The lowest BCUT2D eigenvalue weighted by atomic mass is 10.1. The molecule has 0 N–H and O–H groups in total. The average molecular weight is 274 g/mol. The molecule has 3 rings (SSSR count). The van der Waals surface area contributed by atoms with Crippen LogP contribution >= 0.6 is 0 Å². The molecule has 0 bridgehead atoms. The molecule has 0 radical (unpaired) electrons. The highest BCUT2D eigenvalue weighted by Crippen LogP contribution is 2.23. The maximum Gasteiger partial charge on any atom is 0.168 e. The highest BCUT2D eigenvalue weighted by Gasteiger charge is 2.03. The fourth-order valence-electron chi connectivity index (χ4n) is 2.16. The van der Waals surface area contributed by atoms with Gasteiger partial charge in [0, 0.05) is 29.8 Å². The van der Waals surface area contributed by atoms with Crippen LogP contribution in [0.25, 0.3) is 10.9 Å². The fourth-order valence-corrected chi connectivity index (χ4v) is 2.16. The Morgan fingerprint density at radius 1 is 1.00 bits per heavy atom. The van der Waals surface area contributed by atoms with E-state index in [1.54, 1.807) is 12.4 Å².